The monoisotopic (exact) mass is 226 g/mol. The first-order chi connectivity index (χ1) is 7.67. The molecule has 1 rings (SSSR count). The van der Waals surface area contributed by atoms with Crippen molar-refractivity contribution >= 4 is 0 Å². The van der Waals surface area contributed by atoms with Gasteiger partial charge < -0.3 is 10.2 Å². The second-order valence-corrected chi connectivity index (χ2v) is 5.57. The molecule has 2 atom stereocenters. The summed E-state index contributed by atoms with van der Waals surface area (Å²) in [5, 5.41) is 3.78. The molecule has 1 fully saturated rings. The molecule has 0 aromatic heterocycles. The molecule has 0 saturated heterocycles. The minimum atomic E-state index is 0.766. The number of nitrogens with one attached hydrogen (secondary N) is 1. The molecule has 0 spiro atoms. The van der Waals surface area contributed by atoms with Crippen LogP contribution < -0.4 is 5.32 Å². The summed E-state index contributed by atoms with van der Waals surface area (Å²) in [5.74, 6) is 0.875. The number of nitrogens with zero attached hydrogens (tertiary/aromatic N) is 1. The van der Waals surface area contributed by atoms with Crippen molar-refractivity contribution < 1.29 is 0 Å². The van der Waals surface area contributed by atoms with Crippen LogP contribution in [-0.2, 0) is 0 Å². The van der Waals surface area contributed by atoms with Gasteiger partial charge in [0, 0.05) is 12.1 Å². The third-order valence-corrected chi connectivity index (χ3v) is 4.23. The fraction of sp³-hybridized carbons (Fsp3) is 1.00. The summed E-state index contributed by atoms with van der Waals surface area (Å²) >= 11 is 0. The van der Waals surface area contributed by atoms with Gasteiger partial charge in [-0.25, -0.2) is 0 Å². The van der Waals surface area contributed by atoms with Crippen LogP contribution in [0.3, 0.4) is 0 Å². The highest BCUT2D eigenvalue weighted by atomic mass is 15.1. The van der Waals surface area contributed by atoms with Gasteiger partial charge in [-0.3, -0.25) is 0 Å². The normalized spacial score (nSPS) is 26.6. The molecule has 1 N–H and O–H groups in total. The van der Waals surface area contributed by atoms with Gasteiger partial charge in [-0.2, -0.15) is 0 Å². The molecule has 0 aromatic rings. The van der Waals surface area contributed by atoms with Crippen molar-refractivity contribution in [3.8, 4) is 0 Å². The largest absolute Gasteiger partial charge is 0.314 e. The van der Waals surface area contributed by atoms with Crippen LogP contribution in [0.2, 0.25) is 0 Å². The van der Waals surface area contributed by atoms with Gasteiger partial charge in [0.25, 0.3) is 0 Å². The average molecular weight is 226 g/mol. The number of hydrogen-bond donors (Lipinski definition) is 1. The molecule has 2 unspecified atom stereocenters. The maximum Gasteiger partial charge on any atom is 0.0104 e. The third kappa shape index (κ3) is 4.42. The maximum absolute atomic E-state index is 3.78. The lowest BCUT2D eigenvalue weighted by atomic mass is 9.90. The van der Waals surface area contributed by atoms with E-state index in [1.54, 1.807) is 0 Å². The Morgan fingerprint density at radius 2 is 1.88 bits per heavy atom. The Hall–Kier alpha value is -0.0800. The second-order valence-electron chi connectivity index (χ2n) is 5.57. The van der Waals surface area contributed by atoms with E-state index < -0.39 is 0 Å². The van der Waals surface area contributed by atoms with E-state index in [2.05, 4.69) is 38.2 Å². The smallest absolute Gasteiger partial charge is 0.0104 e. The molecule has 16 heavy (non-hydrogen) atoms. The van der Waals surface area contributed by atoms with E-state index in [0.717, 1.165) is 18.0 Å². The molecular weight excluding hydrogens is 196 g/mol. The van der Waals surface area contributed by atoms with Crippen molar-refractivity contribution in [1.82, 2.24) is 10.2 Å². The molecule has 1 aliphatic carbocycles. The van der Waals surface area contributed by atoms with Crippen LogP contribution in [0, 0.1) is 5.92 Å². The van der Waals surface area contributed by atoms with E-state index in [1.807, 2.05) is 0 Å². The summed E-state index contributed by atoms with van der Waals surface area (Å²) in [4.78, 5) is 2.39. The highest BCUT2D eigenvalue weighted by Crippen LogP contribution is 2.22. The zero-order valence-corrected chi connectivity index (χ0v) is 11.6. The van der Waals surface area contributed by atoms with Crippen molar-refractivity contribution in [2.75, 3.05) is 20.6 Å². The summed E-state index contributed by atoms with van der Waals surface area (Å²) in [6, 6.07) is 1.56. The summed E-state index contributed by atoms with van der Waals surface area (Å²) in [6.07, 6.45) is 8.12. The first-order valence-corrected chi connectivity index (χ1v) is 7.07. The van der Waals surface area contributed by atoms with Crippen LogP contribution in [0.4, 0.5) is 0 Å². The molecule has 0 heterocycles. The van der Waals surface area contributed by atoms with Crippen LogP contribution >= 0.6 is 0 Å². The molecule has 1 saturated carbocycles. The highest BCUT2D eigenvalue weighted by Gasteiger charge is 2.23. The SMILES string of the molecule is CCC(CC)CNC1CCCC(N(C)C)C1. The Morgan fingerprint density at radius 3 is 2.44 bits per heavy atom. The molecule has 0 aliphatic heterocycles. The van der Waals surface area contributed by atoms with Crippen molar-refractivity contribution in [3.05, 3.63) is 0 Å². The summed E-state index contributed by atoms with van der Waals surface area (Å²) < 4.78 is 0. The lowest BCUT2D eigenvalue weighted by Gasteiger charge is -2.34. The molecule has 0 amide bonds. The van der Waals surface area contributed by atoms with Crippen molar-refractivity contribution in [1.29, 1.82) is 0 Å². The van der Waals surface area contributed by atoms with Gasteiger partial charge in [-0.1, -0.05) is 33.1 Å². The maximum atomic E-state index is 3.78. The Kier molecular flexibility index (Phi) is 6.37. The minimum absolute atomic E-state index is 0.766. The van der Waals surface area contributed by atoms with Gasteiger partial charge in [0.2, 0.25) is 0 Å². The Labute approximate surface area is 102 Å². The molecule has 0 radical (unpaired) electrons. The second kappa shape index (κ2) is 7.29. The molecule has 96 valence electrons. The van der Waals surface area contributed by atoms with Crippen LogP contribution in [0.15, 0.2) is 0 Å². The Balaban J connectivity index is 2.26. The quantitative estimate of drug-likeness (QED) is 0.749. The molecule has 2 nitrogen and oxygen atoms in total. The molecule has 1 aliphatic rings. The Morgan fingerprint density at radius 1 is 1.19 bits per heavy atom. The lowest BCUT2D eigenvalue weighted by Crippen LogP contribution is -2.42. The first kappa shape index (κ1) is 14.0. The molecule has 0 bridgehead atoms. The van der Waals surface area contributed by atoms with Crippen LogP contribution in [0.25, 0.3) is 0 Å². The average Bonchev–Trinajstić information content (AvgIpc) is 2.31. The van der Waals surface area contributed by atoms with Gasteiger partial charge in [-0.05, 0) is 45.8 Å². The van der Waals surface area contributed by atoms with E-state index in [4.69, 9.17) is 0 Å². The fourth-order valence-corrected chi connectivity index (χ4v) is 2.73. The lowest BCUT2D eigenvalue weighted by molar-refractivity contribution is 0.195. The highest BCUT2D eigenvalue weighted by molar-refractivity contribution is 4.82. The molecule has 2 heteroatoms. The van der Waals surface area contributed by atoms with Gasteiger partial charge in [-0.15, -0.1) is 0 Å². The van der Waals surface area contributed by atoms with Crippen LogP contribution in [0.1, 0.15) is 52.4 Å². The summed E-state index contributed by atoms with van der Waals surface area (Å²) in [7, 11) is 4.43. The van der Waals surface area contributed by atoms with Crippen molar-refractivity contribution in [3.63, 3.8) is 0 Å². The van der Waals surface area contributed by atoms with E-state index >= 15 is 0 Å². The third-order valence-electron chi connectivity index (χ3n) is 4.23. The number of rotatable bonds is 6. The van der Waals surface area contributed by atoms with Crippen molar-refractivity contribution in [2.45, 2.75) is 64.5 Å². The fourth-order valence-electron chi connectivity index (χ4n) is 2.73. The van der Waals surface area contributed by atoms with Crippen LogP contribution in [0.5, 0.6) is 0 Å². The van der Waals surface area contributed by atoms with Gasteiger partial charge in [0.05, 0.1) is 0 Å². The van der Waals surface area contributed by atoms with Gasteiger partial charge in [0.15, 0.2) is 0 Å². The standard InChI is InChI=1S/C14H30N2/c1-5-12(6-2)11-15-13-8-7-9-14(10-13)16(3)4/h12-15H,5-11H2,1-4H3. The zero-order valence-electron chi connectivity index (χ0n) is 11.6. The zero-order chi connectivity index (χ0) is 12.0. The van der Waals surface area contributed by atoms with Crippen LogP contribution in [-0.4, -0.2) is 37.6 Å². The predicted octanol–water partition coefficient (Wildman–Crippen LogP) is 2.89. The summed E-state index contributed by atoms with van der Waals surface area (Å²) in [5.41, 5.74) is 0. The summed E-state index contributed by atoms with van der Waals surface area (Å²) in [6.45, 7) is 5.83. The topological polar surface area (TPSA) is 15.3 Å². The van der Waals surface area contributed by atoms with Gasteiger partial charge >= 0.3 is 0 Å². The van der Waals surface area contributed by atoms with Crippen molar-refractivity contribution in [2.24, 2.45) is 5.92 Å². The molecule has 0 aromatic carbocycles. The van der Waals surface area contributed by atoms with E-state index in [1.165, 1.54) is 45.1 Å². The predicted molar refractivity (Wildman–Crippen MR) is 71.8 cm³/mol. The first-order valence-electron chi connectivity index (χ1n) is 7.07. The van der Waals surface area contributed by atoms with E-state index in [0.29, 0.717) is 0 Å². The van der Waals surface area contributed by atoms with E-state index in [9.17, 15) is 0 Å². The van der Waals surface area contributed by atoms with Gasteiger partial charge in [0.1, 0.15) is 0 Å². The van der Waals surface area contributed by atoms with E-state index in [-0.39, 0.29) is 0 Å². The minimum Gasteiger partial charge on any atom is -0.314 e. The molecular formula is C14H30N2. The Bertz CT molecular complexity index is 176. The number of hydrogen-bond acceptors (Lipinski definition) is 2.